The molecule has 0 unspecified atom stereocenters. The summed E-state index contributed by atoms with van der Waals surface area (Å²) in [5.74, 6) is 0.610. The van der Waals surface area contributed by atoms with Crippen molar-refractivity contribution in [3.8, 4) is 5.75 Å². The van der Waals surface area contributed by atoms with E-state index in [1.54, 1.807) is 24.3 Å². The van der Waals surface area contributed by atoms with Crippen LogP contribution in [0, 0.1) is 0 Å². The first-order valence-electron chi connectivity index (χ1n) is 6.74. The molecule has 1 N–H and O–H groups in total. The summed E-state index contributed by atoms with van der Waals surface area (Å²) in [5, 5.41) is 2.08. The SMILES string of the molecule is O=C(Nc1ccccc1C(F)(F)F)OCCOc1ccccc1. The molecule has 0 saturated heterocycles. The fourth-order valence-corrected chi connectivity index (χ4v) is 1.80. The molecule has 1 amide bonds. The number of carbonyl (C=O) groups is 1. The lowest BCUT2D eigenvalue weighted by Crippen LogP contribution is -2.20. The van der Waals surface area contributed by atoms with Crippen LogP contribution in [0.5, 0.6) is 5.75 Å². The number of ether oxygens (including phenoxy) is 2. The maximum atomic E-state index is 12.8. The number of anilines is 1. The molecular weight excluding hydrogens is 311 g/mol. The van der Waals surface area contributed by atoms with Gasteiger partial charge in [-0.1, -0.05) is 30.3 Å². The van der Waals surface area contributed by atoms with Crippen LogP contribution in [-0.2, 0) is 10.9 Å². The minimum absolute atomic E-state index is 0.0884. The van der Waals surface area contributed by atoms with Gasteiger partial charge in [-0.2, -0.15) is 13.2 Å². The fraction of sp³-hybridized carbons (Fsp3) is 0.188. The second kappa shape index (κ2) is 7.53. The van der Waals surface area contributed by atoms with Gasteiger partial charge in [-0.15, -0.1) is 0 Å². The van der Waals surface area contributed by atoms with E-state index in [4.69, 9.17) is 9.47 Å². The third kappa shape index (κ3) is 5.21. The molecule has 0 heterocycles. The Balaban J connectivity index is 1.81. The average Bonchev–Trinajstić information content (AvgIpc) is 2.52. The van der Waals surface area contributed by atoms with Crippen molar-refractivity contribution in [3.05, 3.63) is 60.2 Å². The minimum Gasteiger partial charge on any atom is -0.490 e. The van der Waals surface area contributed by atoms with Crippen molar-refractivity contribution in [2.24, 2.45) is 0 Å². The summed E-state index contributed by atoms with van der Waals surface area (Å²) < 4.78 is 48.4. The lowest BCUT2D eigenvalue weighted by Gasteiger charge is -2.13. The van der Waals surface area contributed by atoms with Crippen LogP contribution < -0.4 is 10.1 Å². The molecule has 4 nitrogen and oxygen atoms in total. The van der Waals surface area contributed by atoms with E-state index in [9.17, 15) is 18.0 Å². The number of benzene rings is 2. The molecule has 0 aliphatic rings. The maximum Gasteiger partial charge on any atom is 0.418 e. The third-order valence-electron chi connectivity index (χ3n) is 2.80. The van der Waals surface area contributed by atoms with E-state index in [0.717, 1.165) is 12.1 Å². The number of nitrogens with one attached hydrogen (secondary N) is 1. The van der Waals surface area contributed by atoms with Crippen LogP contribution >= 0.6 is 0 Å². The van der Waals surface area contributed by atoms with Crippen LogP contribution in [0.25, 0.3) is 0 Å². The van der Waals surface area contributed by atoms with Crippen LogP contribution in [0.4, 0.5) is 23.7 Å². The molecule has 0 saturated carbocycles. The van der Waals surface area contributed by atoms with Crippen molar-refractivity contribution >= 4 is 11.8 Å². The summed E-state index contributed by atoms with van der Waals surface area (Å²) in [6.07, 6.45) is -5.53. The van der Waals surface area contributed by atoms with Crippen molar-refractivity contribution in [2.45, 2.75) is 6.18 Å². The van der Waals surface area contributed by atoms with Crippen LogP contribution in [0.3, 0.4) is 0 Å². The van der Waals surface area contributed by atoms with Crippen LogP contribution in [-0.4, -0.2) is 19.3 Å². The van der Waals surface area contributed by atoms with Gasteiger partial charge in [0.15, 0.2) is 0 Å². The summed E-state index contributed by atoms with van der Waals surface area (Å²) in [4.78, 5) is 11.5. The summed E-state index contributed by atoms with van der Waals surface area (Å²) in [5.41, 5.74) is -1.29. The Morgan fingerprint density at radius 3 is 2.30 bits per heavy atom. The number of carbonyl (C=O) groups excluding carboxylic acids is 1. The lowest BCUT2D eigenvalue weighted by atomic mass is 10.2. The molecule has 0 aromatic heterocycles. The van der Waals surface area contributed by atoms with E-state index in [1.807, 2.05) is 6.07 Å². The molecule has 0 spiro atoms. The smallest absolute Gasteiger partial charge is 0.418 e. The molecule has 7 heteroatoms. The molecule has 122 valence electrons. The van der Waals surface area contributed by atoms with E-state index in [2.05, 4.69) is 5.32 Å². The fourth-order valence-electron chi connectivity index (χ4n) is 1.80. The Hall–Kier alpha value is -2.70. The highest BCUT2D eigenvalue weighted by Gasteiger charge is 2.33. The number of halogens is 3. The van der Waals surface area contributed by atoms with Gasteiger partial charge >= 0.3 is 12.3 Å². The van der Waals surface area contributed by atoms with Crippen LogP contribution in [0.2, 0.25) is 0 Å². The molecule has 0 aliphatic heterocycles. The van der Waals surface area contributed by atoms with E-state index in [1.165, 1.54) is 12.1 Å². The Morgan fingerprint density at radius 2 is 1.61 bits per heavy atom. The first-order chi connectivity index (χ1) is 11.0. The summed E-state index contributed by atoms with van der Waals surface area (Å²) >= 11 is 0. The lowest BCUT2D eigenvalue weighted by molar-refractivity contribution is -0.136. The zero-order chi connectivity index (χ0) is 16.7. The van der Waals surface area contributed by atoms with Gasteiger partial charge in [-0.05, 0) is 24.3 Å². The van der Waals surface area contributed by atoms with Crippen molar-refractivity contribution in [1.82, 2.24) is 0 Å². The number of rotatable bonds is 5. The molecule has 0 atom stereocenters. The third-order valence-corrected chi connectivity index (χ3v) is 2.80. The molecule has 2 aromatic rings. The zero-order valence-electron chi connectivity index (χ0n) is 12.0. The topological polar surface area (TPSA) is 47.6 Å². The van der Waals surface area contributed by atoms with Crippen LogP contribution in [0.1, 0.15) is 5.56 Å². The standard InChI is InChI=1S/C16H14F3NO3/c17-16(18,19)13-8-4-5-9-14(13)20-15(21)23-11-10-22-12-6-2-1-3-7-12/h1-9H,10-11H2,(H,20,21). The van der Waals surface area contributed by atoms with Gasteiger partial charge in [0, 0.05) is 0 Å². The minimum atomic E-state index is -4.56. The average molecular weight is 325 g/mol. The second-order valence-electron chi connectivity index (χ2n) is 4.47. The largest absolute Gasteiger partial charge is 0.490 e. The van der Waals surface area contributed by atoms with E-state index in [-0.39, 0.29) is 18.9 Å². The van der Waals surface area contributed by atoms with Gasteiger partial charge in [-0.25, -0.2) is 4.79 Å². The van der Waals surface area contributed by atoms with Gasteiger partial charge in [0.25, 0.3) is 0 Å². The molecule has 23 heavy (non-hydrogen) atoms. The first kappa shape index (κ1) is 16.7. The zero-order valence-corrected chi connectivity index (χ0v) is 12.0. The number of alkyl halides is 3. The molecule has 0 aliphatic carbocycles. The Morgan fingerprint density at radius 1 is 0.957 bits per heavy atom. The molecule has 0 radical (unpaired) electrons. The molecule has 0 fully saturated rings. The molecule has 2 aromatic carbocycles. The Labute approximate surface area is 130 Å². The summed E-state index contributed by atoms with van der Waals surface area (Å²) in [7, 11) is 0. The highest BCUT2D eigenvalue weighted by molar-refractivity contribution is 5.85. The van der Waals surface area contributed by atoms with E-state index >= 15 is 0 Å². The Kier molecular flexibility index (Phi) is 5.46. The van der Waals surface area contributed by atoms with E-state index in [0.29, 0.717) is 5.75 Å². The van der Waals surface area contributed by atoms with Crippen molar-refractivity contribution in [3.63, 3.8) is 0 Å². The monoisotopic (exact) mass is 325 g/mol. The van der Waals surface area contributed by atoms with E-state index < -0.39 is 17.8 Å². The molecular formula is C16H14F3NO3. The predicted molar refractivity (Wildman–Crippen MR) is 78.4 cm³/mol. The first-order valence-corrected chi connectivity index (χ1v) is 6.74. The number of amides is 1. The normalized spacial score (nSPS) is 10.9. The number of para-hydroxylation sites is 2. The Bertz CT molecular complexity index is 645. The van der Waals surface area contributed by atoms with Crippen molar-refractivity contribution < 1.29 is 27.4 Å². The summed E-state index contributed by atoms with van der Waals surface area (Å²) in [6, 6.07) is 13.6. The quantitative estimate of drug-likeness (QED) is 0.832. The molecule has 2 rings (SSSR count). The highest BCUT2D eigenvalue weighted by atomic mass is 19.4. The van der Waals surface area contributed by atoms with Gasteiger partial charge in [0.1, 0.15) is 19.0 Å². The van der Waals surface area contributed by atoms with Gasteiger partial charge in [0.05, 0.1) is 11.3 Å². The van der Waals surface area contributed by atoms with Crippen molar-refractivity contribution in [2.75, 3.05) is 18.5 Å². The number of hydrogen-bond acceptors (Lipinski definition) is 3. The summed E-state index contributed by atoms with van der Waals surface area (Å²) in [6.45, 7) is 0.00721. The van der Waals surface area contributed by atoms with Crippen LogP contribution in [0.15, 0.2) is 54.6 Å². The predicted octanol–water partition coefficient (Wildman–Crippen LogP) is 4.33. The highest BCUT2D eigenvalue weighted by Crippen LogP contribution is 2.34. The molecule has 0 bridgehead atoms. The maximum absolute atomic E-state index is 12.8. The van der Waals surface area contributed by atoms with Gasteiger partial charge < -0.3 is 9.47 Å². The number of hydrogen-bond donors (Lipinski definition) is 1. The van der Waals surface area contributed by atoms with Gasteiger partial charge in [0.2, 0.25) is 0 Å². The second-order valence-corrected chi connectivity index (χ2v) is 4.47. The van der Waals surface area contributed by atoms with Crippen molar-refractivity contribution in [1.29, 1.82) is 0 Å². The van der Waals surface area contributed by atoms with Gasteiger partial charge in [-0.3, -0.25) is 5.32 Å².